The van der Waals surface area contributed by atoms with Crippen LogP contribution >= 0.6 is 7.82 Å². The van der Waals surface area contributed by atoms with Crippen molar-refractivity contribution in [1.29, 1.82) is 0 Å². The molecule has 0 heterocycles. The van der Waals surface area contributed by atoms with Gasteiger partial charge in [-0.1, -0.05) is 126 Å². The fourth-order valence-corrected chi connectivity index (χ4v) is 6.43. The van der Waals surface area contributed by atoms with Gasteiger partial charge in [0.25, 0.3) is 0 Å². The number of unbranched alkanes of at least 4 members (excludes halogenated alkanes) is 9. The normalized spacial score (nSPS) is 20.8. The molecule has 0 aromatic rings. The molecule has 5 N–H and O–H groups in total. The number of rotatable bonds is 31. The highest BCUT2D eigenvalue weighted by atomic mass is 31.2. The summed E-state index contributed by atoms with van der Waals surface area (Å²) in [6.07, 6.45) is 32.2. The van der Waals surface area contributed by atoms with Crippen molar-refractivity contribution in [2.75, 3.05) is 13.2 Å². The molecule has 1 saturated carbocycles. The summed E-state index contributed by atoms with van der Waals surface area (Å²) in [5.74, 6) is -1.87. The Kier molecular flexibility index (Phi) is 28.4. The average molecular weight is 769 g/mol. The van der Waals surface area contributed by atoms with Crippen molar-refractivity contribution in [3.63, 3.8) is 0 Å². The van der Waals surface area contributed by atoms with E-state index in [1.807, 2.05) is 12.2 Å². The lowest BCUT2D eigenvalue weighted by molar-refractivity contribution is -0.160. The Morgan fingerprint density at radius 3 is 2.06 bits per heavy atom. The van der Waals surface area contributed by atoms with E-state index >= 15 is 0 Å². The number of ether oxygens (including phenoxy) is 2. The number of carbonyl (C=O) groups excluding carboxylic acids is 2. The summed E-state index contributed by atoms with van der Waals surface area (Å²) < 4.78 is 26.2. The molecule has 1 aliphatic carbocycles. The lowest BCUT2D eigenvalue weighted by atomic mass is 9.89. The minimum atomic E-state index is -4.85. The fraction of sp³-hybridized carbons (Fsp3) is 0.707. The number of esters is 2. The van der Waals surface area contributed by atoms with Gasteiger partial charge in [0.2, 0.25) is 0 Å². The van der Waals surface area contributed by atoms with Gasteiger partial charge in [-0.05, 0) is 57.3 Å². The van der Waals surface area contributed by atoms with E-state index in [4.69, 9.17) is 19.3 Å². The van der Waals surface area contributed by atoms with Gasteiger partial charge in [-0.2, -0.15) is 0 Å². The summed E-state index contributed by atoms with van der Waals surface area (Å²) >= 11 is 0. The molecule has 0 bridgehead atoms. The van der Waals surface area contributed by atoms with Crippen molar-refractivity contribution in [3.8, 4) is 0 Å². The molecular formula is C41H69O11P. The van der Waals surface area contributed by atoms with Gasteiger partial charge >= 0.3 is 19.8 Å². The first-order valence-corrected chi connectivity index (χ1v) is 21.4. The Balaban J connectivity index is 2.40. The Morgan fingerprint density at radius 2 is 1.38 bits per heavy atom. The second-order valence-corrected chi connectivity index (χ2v) is 15.1. The highest BCUT2D eigenvalue weighted by molar-refractivity contribution is 7.46. The topological polar surface area (TPSA) is 180 Å². The van der Waals surface area contributed by atoms with E-state index in [9.17, 15) is 29.5 Å². The lowest BCUT2D eigenvalue weighted by Gasteiger charge is -2.19. The molecule has 12 heteroatoms. The molecule has 6 atom stereocenters. The number of aliphatic hydroxyl groups excluding tert-OH is 3. The van der Waals surface area contributed by atoms with Crippen molar-refractivity contribution >= 4 is 19.8 Å². The Labute approximate surface area is 318 Å². The largest absolute Gasteiger partial charge is 0.469 e. The summed E-state index contributed by atoms with van der Waals surface area (Å²) in [6.45, 7) is 3.23. The quantitative estimate of drug-likeness (QED) is 0.0199. The number of aliphatic hydroxyl groups is 3. The minimum Gasteiger partial charge on any atom is -0.461 e. The molecule has 0 spiro atoms. The number of hydrogen-bond acceptors (Lipinski definition) is 9. The zero-order valence-electron chi connectivity index (χ0n) is 32.2. The maximum Gasteiger partial charge on any atom is 0.469 e. The Morgan fingerprint density at radius 1 is 0.755 bits per heavy atom. The number of allylic oxidation sites excluding steroid dienone is 7. The van der Waals surface area contributed by atoms with Crippen LogP contribution in [-0.4, -0.2) is 74.7 Å². The van der Waals surface area contributed by atoms with Crippen LogP contribution in [0.3, 0.4) is 0 Å². The van der Waals surface area contributed by atoms with Crippen molar-refractivity contribution in [3.05, 3.63) is 60.8 Å². The van der Waals surface area contributed by atoms with Gasteiger partial charge in [0.15, 0.2) is 6.10 Å². The van der Waals surface area contributed by atoms with Gasteiger partial charge in [-0.25, -0.2) is 4.57 Å². The molecular weight excluding hydrogens is 699 g/mol. The summed E-state index contributed by atoms with van der Waals surface area (Å²) in [6, 6.07) is 0. The molecule has 0 radical (unpaired) electrons. The average Bonchev–Trinajstić information content (AvgIpc) is 3.38. The molecule has 11 nitrogen and oxygen atoms in total. The van der Waals surface area contributed by atoms with Crippen molar-refractivity contribution in [2.24, 2.45) is 11.8 Å². The third kappa shape index (κ3) is 27.0. The van der Waals surface area contributed by atoms with Gasteiger partial charge in [0.1, 0.15) is 6.61 Å². The molecule has 0 aromatic heterocycles. The fourth-order valence-electron chi connectivity index (χ4n) is 6.07. The van der Waals surface area contributed by atoms with Gasteiger partial charge in [0, 0.05) is 18.8 Å². The monoisotopic (exact) mass is 768 g/mol. The molecule has 1 aliphatic rings. The molecule has 0 amide bonds. The van der Waals surface area contributed by atoms with Crippen molar-refractivity contribution in [1.82, 2.24) is 0 Å². The van der Waals surface area contributed by atoms with Crippen LogP contribution in [-0.2, 0) is 28.2 Å². The first-order valence-electron chi connectivity index (χ1n) is 19.8. The standard InChI is InChI=1S/C41H69O11P/c1-3-5-7-8-9-10-11-12-13-14-15-16-17-18-19-20-22-28-41(46)52-35(33-51-53(47,48)49)32-50-40(45)27-24-23-26-36-37(39(44)31-38(36)43)30-29-34(42)25-21-6-4-2/h12-13,15-16,18-19,23-24,29-30,34-39,42-44H,3-11,14,17,20-22,25-28,31-33H2,1-2H3,(H2,47,48,49)/b13-12-,16-15-,19-18-,24-23-,30-29+/t34-,35-,36+,37-,38+,39-/m1/s1. The molecule has 0 aromatic carbocycles. The predicted molar refractivity (Wildman–Crippen MR) is 209 cm³/mol. The highest BCUT2D eigenvalue weighted by Crippen LogP contribution is 2.37. The van der Waals surface area contributed by atoms with Crippen LogP contribution in [0.2, 0.25) is 0 Å². The van der Waals surface area contributed by atoms with E-state index < -0.39 is 57.4 Å². The molecule has 1 rings (SSSR count). The zero-order chi connectivity index (χ0) is 39.2. The summed E-state index contributed by atoms with van der Waals surface area (Å²) in [5.41, 5.74) is 0. The van der Waals surface area contributed by atoms with E-state index in [1.165, 1.54) is 38.5 Å². The van der Waals surface area contributed by atoms with E-state index in [0.717, 1.165) is 38.5 Å². The lowest BCUT2D eigenvalue weighted by Crippen LogP contribution is -2.29. The summed E-state index contributed by atoms with van der Waals surface area (Å²) in [7, 11) is -4.85. The first kappa shape index (κ1) is 48.6. The maximum atomic E-state index is 12.4. The molecule has 0 aliphatic heterocycles. The highest BCUT2D eigenvalue weighted by Gasteiger charge is 2.39. The van der Waals surface area contributed by atoms with E-state index in [2.05, 4.69) is 42.7 Å². The second-order valence-electron chi connectivity index (χ2n) is 13.9. The van der Waals surface area contributed by atoms with Crippen LogP contribution < -0.4 is 0 Å². The minimum absolute atomic E-state index is 0.0718. The molecule has 53 heavy (non-hydrogen) atoms. The number of phosphoric acid groups is 1. The number of hydrogen-bond donors (Lipinski definition) is 5. The SMILES string of the molecule is CCCCCCCC/C=C\C/C=C\C/C=C\CCCC(=O)O[C@H](COC(=O)C/C=C\C[C@H]1[C@@H](/C=C/[C@H](O)CCCCC)[C@H](O)C[C@@H]1O)COP(=O)(O)O. The number of phosphoric ester groups is 1. The molecule has 0 saturated heterocycles. The zero-order valence-corrected chi connectivity index (χ0v) is 33.1. The van der Waals surface area contributed by atoms with Crippen LogP contribution in [0.25, 0.3) is 0 Å². The van der Waals surface area contributed by atoms with Crippen LogP contribution in [0.15, 0.2) is 60.8 Å². The van der Waals surface area contributed by atoms with E-state index in [0.29, 0.717) is 25.7 Å². The van der Waals surface area contributed by atoms with Crippen LogP contribution in [0, 0.1) is 11.8 Å². The van der Waals surface area contributed by atoms with E-state index in [1.54, 1.807) is 24.3 Å². The Bertz CT molecular complexity index is 1160. The molecule has 0 unspecified atom stereocenters. The molecule has 304 valence electrons. The maximum absolute atomic E-state index is 12.4. The van der Waals surface area contributed by atoms with Crippen molar-refractivity contribution < 1.29 is 53.3 Å². The smallest absolute Gasteiger partial charge is 0.461 e. The van der Waals surface area contributed by atoms with Gasteiger partial charge in [0.05, 0.1) is 31.3 Å². The van der Waals surface area contributed by atoms with E-state index in [-0.39, 0.29) is 31.1 Å². The third-order valence-electron chi connectivity index (χ3n) is 9.11. The van der Waals surface area contributed by atoms with Crippen LogP contribution in [0.4, 0.5) is 0 Å². The van der Waals surface area contributed by atoms with Gasteiger partial charge in [-0.3, -0.25) is 14.1 Å². The molecule has 1 fully saturated rings. The summed E-state index contributed by atoms with van der Waals surface area (Å²) in [4.78, 5) is 43.0. The predicted octanol–water partition coefficient (Wildman–Crippen LogP) is 8.11. The van der Waals surface area contributed by atoms with Crippen molar-refractivity contribution in [2.45, 2.75) is 160 Å². The van der Waals surface area contributed by atoms with Crippen LogP contribution in [0.1, 0.15) is 136 Å². The summed E-state index contributed by atoms with van der Waals surface area (Å²) in [5, 5.41) is 31.1. The van der Waals surface area contributed by atoms with Gasteiger partial charge < -0.3 is 34.6 Å². The second kappa shape index (κ2) is 30.9. The third-order valence-corrected chi connectivity index (χ3v) is 9.60. The first-order chi connectivity index (χ1) is 25.5. The van der Waals surface area contributed by atoms with Gasteiger partial charge in [-0.15, -0.1) is 0 Å². The Hall–Kier alpha value is -2.37. The number of carbonyl (C=O) groups is 2. The van der Waals surface area contributed by atoms with Crippen LogP contribution in [0.5, 0.6) is 0 Å².